The maximum Gasteiger partial charge on any atom is 0.311 e. The Labute approximate surface area is 140 Å². The number of anilines is 1. The van der Waals surface area contributed by atoms with E-state index in [1.807, 2.05) is 37.2 Å². The Bertz CT molecular complexity index is 472. The maximum absolute atomic E-state index is 12.0. The lowest BCUT2D eigenvalue weighted by Crippen LogP contribution is -2.11. The van der Waals surface area contributed by atoms with Crippen molar-refractivity contribution >= 4 is 11.7 Å². The molecule has 1 aromatic carbocycles. The molecular formula is C19H31NO3. The number of carbonyl (C=O) groups is 1. The van der Waals surface area contributed by atoms with E-state index in [0.717, 1.165) is 18.5 Å². The summed E-state index contributed by atoms with van der Waals surface area (Å²) in [5.41, 5.74) is 0.976. The third-order valence-corrected chi connectivity index (χ3v) is 3.87. The molecule has 0 saturated carbocycles. The monoisotopic (exact) mass is 321 g/mol. The number of ether oxygens (including phenoxy) is 2. The molecule has 130 valence electrons. The van der Waals surface area contributed by atoms with Gasteiger partial charge in [0.1, 0.15) is 0 Å². The summed E-state index contributed by atoms with van der Waals surface area (Å²) in [7, 11) is 5.48. The van der Waals surface area contributed by atoms with E-state index in [1.165, 1.54) is 32.1 Å². The average molecular weight is 321 g/mol. The number of nitrogens with zero attached hydrogens (tertiary/aromatic N) is 1. The normalized spacial score (nSPS) is 10.4. The molecule has 0 aromatic heterocycles. The van der Waals surface area contributed by atoms with Crippen LogP contribution in [0.25, 0.3) is 0 Å². The van der Waals surface area contributed by atoms with Crippen molar-refractivity contribution in [2.75, 3.05) is 26.1 Å². The standard InChI is InChI=1S/C19H31NO3/c1-5-6-7-8-9-10-11-12-19(21)23-18-15-16(20(2)3)13-14-17(18)22-4/h13-15H,5-12H2,1-4H3. The zero-order valence-electron chi connectivity index (χ0n) is 15.1. The molecule has 0 N–H and O–H groups in total. The Morgan fingerprint density at radius 1 is 1.00 bits per heavy atom. The van der Waals surface area contributed by atoms with Gasteiger partial charge in [-0.05, 0) is 18.6 Å². The van der Waals surface area contributed by atoms with Gasteiger partial charge in [-0.25, -0.2) is 0 Å². The Balaban J connectivity index is 2.40. The average Bonchev–Trinajstić information content (AvgIpc) is 2.53. The molecule has 0 unspecified atom stereocenters. The van der Waals surface area contributed by atoms with Crippen molar-refractivity contribution in [3.63, 3.8) is 0 Å². The third kappa shape index (κ3) is 7.40. The van der Waals surface area contributed by atoms with Gasteiger partial charge in [-0.3, -0.25) is 4.79 Å². The first-order valence-electron chi connectivity index (χ1n) is 8.64. The van der Waals surface area contributed by atoms with E-state index < -0.39 is 0 Å². The molecule has 1 aromatic rings. The van der Waals surface area contributed by atoms with E-state index in [0.29, 0.717) is 17.9 Å². The highest BCUT2D eigenvalue weighted by molar-refractivity contribution is 5.74. The molecule has 4 heteroatoms. The molecule has 0 radical (unpaired) electrons. The number of methoxy groups -OCH3 is 1. The van der Waals surface area contributed by atoms with Crippen LogP contribution >= 0.6 is 0 Å². The molecule has 0 atom stereocenters. The van der Waals surface area contributed by atoms with Crippen LogP contribution in [0, 0.1) is 0 Å². The lowest BCUT2D eigenvalue weighted by Gasteiger charge is -2.15. The molecular weight excluding hydrogens is 290 g/mol. The number of hydrogen-bond donors (Lipinski definition) is 0. The second-order valence-corrected chi connectivity index (χ2v) is 6.07. The van der Waals surface area contributed by atoms with E-state index in [1.54, 1.807) is 7.11 Å². The van der Waals surface area contributed by atoms with Crippen LogP contribution in [0.3, 0.4) is 0 Å². The zero-order chi connectivity index (χ0) is 17.1. The molecule has 0 aliphatic carbocycles. The molecule has 0 amide bonds. The smallest absolute Gasteiger partial charge is 0.311 e. The first-order valence-corrected chi connectivity index (χ1v) is 8.64. The molecule has 0 bridgehead atoms. The quantitative estimate of drug-likeness (QED) is 0.333. The van der Waals surface area contributed by atoms with Crippen LogP contribution < -0.4 is 14.4 Å². The maximum atomic E-state index is 12.0. The van der Waals surface area contributed by atoms with Gasteiger partial charge in [0.25, 0.3) is 0 Å². The predicted molar refractivity (Wildman–Crippen MR) is 95.6 cm³/mol. The molecule has 0 heterocycles. The van der Waals surface area contributed by atoms with Crippen LogP contribution in [0.15, 0.2) is 18.2 Å². The number of benzene rings is 1. The van der Waals surface area contributed by atoms with Gasteiger partial charge in [-0.2, -0.15) is 0 Å². The van der Waals surface area contributed by atoms with Crippen LogP contribution in [0.1, 0.15) is 58.3 Å². The minimum Gasteiger partial charge on any atom is -0.493 e. The van der Waals surface area contributed by atoms with Crippen LogP contribution in [-0.4, -0.2) is 27.2 Å². The lowest BCUT2D eigenvalue weighted by atomic mass is 10.1. The van der Waals surface area contributed by atoms with Crippen molar-refractivity contribution in [2.45, 2.75) is 58.3 Å². The summed E-state index contributed by atoms with van der Waals surface area (Å²) in [6, 6.07) is 5.60. The second-order valence-electron chi connectivity index (χ2n) is 6.07. The fraction of sp³-hybridized carbons (Fsp3) is 0.632. The molecule has 1 rings (SSSR count). The third-order valence-electron chi connectivity index (χ3n) is 3.87. The highest BCUT2D eigenvalue weighted by Gasteiger charge is 2.11. The fourth-order valence-electron chi connectivity index (χ4n) is 2.42. The van der Waals surface area contributed by atoms with Gasteiger partial charge in [0.2, 0.25) is 0 Å². The van der Waals surface area contributed by atoms with E-state index in [4.69, 9.17) is 9.47 Å². The van der Waals surface area contributed by atoms with Crippen LogP contribution in [0.2, 0.25) is 0 Å². The van der Waals surface area contributed by atoms with Crippen molar-refractivity contribution in [3.05, 3.63) is 18.2 Å². The van der Waals surface area contributed by atoms with E-state index >= 15 is 0 Å². The topological polar surface area (TPSA) is 38.8 Å². The van der Waals surface area contributed by atoms with Crippen molar-refractivity contribution in [3.8, 4) is 11.5 Å². The summed E-state index contributed by atoms with van der Waals surface area (Å²) in [5.74, 6) is 0.892. The van der Waals surface area contributed by atoms with Gasteiger partial charge in [0.05, 0.1) is 7.11 Å². The Morgan fingerprint density at radius 3 is 2.26 bits per heavy atom. The second kappa shape index (κ2) is 10.9. The molecule has 0 aliphatic heterocycles. The summed E-state index contributed by atoms with van der Waals surface area (Å²) in [5, 5.41) is 0. The Morgan fingerprint density at radius 2 is 1.65 bits per heavy atom. The number of hydrogen-bond acceptors (Lipinski definition) is 4. The van der Waals surface area contributed by atoms with Crippen molar-refractivity contribution < 1.29 is 14.3 Å². The predicted octanol–water partition coefficient (Wildman–Crippen LogP) is 4.81. The first-order chi connectivity index (χ1) is 11.1. The first kappa shape index (κ1) is 19.3. The summed E-state index contributed by atoms with van der Waals surface area (Å²) >= 11 is 0. The molecule has 0 aliphatic rings. The summed E-state index contributed by atoms with van der Waals surface area (Å²) < 4.78 is 10.7. The number of rotatable bonds is 11. The van der Waals surface area contributed by atoms with E-state index in [-0.39, 0.29) is 5.97 Å². The van der Waals surface area contributed by atoms with Gasteiger partial charge in [-0.15, -0.1) is 0 Å². The zero-order valence-corrected chi connectivity index (χ0v) is 15.1. The molecule has 0 fully saturated rings. The molecule has 23 heavy (non-hydrogen) atoms. The van der Waals surface area contributed by atoms with E-state index in [2.05, 4.69) is 6.92 Å². The van der Waals surface area contributed by atoms with Crippen molar-refractivity contribution in [1.82, 2.24) is 0 Å². The van der Waals surface area contributed by atoms with Crippen LogP contribution in [0.5, 0.6) is 11.5 Å². The lowest BCUT2D eigenvalue weighted by molar-refractivity contribution is -0.134. The molecule has 0 saturated heterocycles. The van der Waals surface area contributed by atoms with Gasteiger partial charge in [0.15, 0.2) is 11.5 Å². The highest BCUT2D eigenvalue weighted by Crippen LogP contribution is 2.31. The van der Waals surface area contributed by atoms with Crippen LogP contribution in [0.4, 0.5) is 5.69 Å². The van der Waals surface area contributed by atoms with Crippen LogP contribution in [-0.2, 0) is 4.79 Å². The minimum absolute atomic E-state index is 0.187. The van der Waals surface area contributed by atoms with E-state index in [9.17, 15) is 4.79 Å². The summed E-state index contributed by atoms with van der Waals surface area (Å²) in [4.78, 5) is 14.0. The van der Waals surface area contributed by atoms with Gasteiger partial charge in [-0.1, -0.05) is 45.4 Å². The number of esters is 1. The Kier molecular flexibility index (Phi) is 9.18. The molecule has 4 nitrogen and oxygen atoms in total. The van der Waals surface area contributed by atoms with Gasteiger partial charge >= 0.3 is 5.97 Å². The Hall–Kier alpha value is -1.71. The summed E-state index contributed by atoms with van der Waals surface area (Å²) in [6.45, 7) is 2.22. The number of carbonyl (C=O) groups excluding carboxylic acids is 1. The largest absolute Gasteiger partial charge is 0.493 e. The molecule has 0 spiro atoms. The fourth-order valence-corrected chi connectivity index (χ4v) is 2.42. The highest BCUT2D eigenvalue weighted by atomic mass is 16.6. The number of unbranched alkanes of at least 4 members (excludes halogenated alkanes) is 6. The summed E-state index contributed by atoms with van der Waals surface area (Å²) in [6.07, 6.45) is 8.78. The SMILES string of the molecule is CCCCCCCCCC(=O)Oc1cc(N(C)C)ccc1OC. The minimum atomic E-state index is -0.187. The van der Waals surface area contributed by atoms with Gasteiger partial charge in [0, 0.05) is 32.3 Å². The van der Waals surface area contributed by atoms with Crippen molar-refractivity contribution in [1.29, 1.82) is 0 Å². The van der Waals surface area contributed by atoms with Gasteiger partial charge < -0.3 is 14.4 Å². The van der Waals surface area contributed by atoms with Crippen molar-refractivity contribution in [2.24, 2.45) is 0 Å².